The zero-order chi connectivity index (χ0) is 9.27. The summed E-state index contributed by atoms with van der Waals surface area (Å²) < 4.78 is -0.463. The molecule has 4 aliphatic carbocycles. The molecule has 0 aromatic heterocycles. The maximum atomic E-state index is 6.54. The van der Waals surface area contributed by atoms with Gasteiger partial charge >= 0.3 is 0 Å². The summed E-state index contributed by atoms with van der Waals surface area (Å²) in [4.78, 5) is 0.0593. The Morgan fingerprint density at radius 1 is 0.846 bits per heavy atom. The van der Waals surface area contributed by atoms with Crippen molar-refractivity contribution in [3.8, 4) is 0 Å². The van der Waals surface area contributed by atoms with Crippen LogP contribution in [0, 0.1) is 17.8 Å². The van der Waals surface area contributed by atoms with E-state index >= 15 is 0 Å². The second-order valence-corrected chi connectivity index (χ2v) is 7.42. The fourth-order valence-electron chi connectivity index (χ4n) is 3.80. The Balaban J connectivity index is 1.99. The van der Waals surface area contributed by atoms with Crippen LogP contribution in [0.15, 0.2) is 0 Å². The summed E-state index contributed by atoms with van der Waals surface area (Å²) >= 11 is 19.3. The Morgan fingerprint density at radius 3 is 1.85 bits per heavy atom. The van der Waals surface area contributed by atoms with E-state index in [2.05, 4.69) is 0 Å². The largest absolute Gasteiger partial charge is 0.124 e. The predicted molar refractivity (Wildman–Crippen MR) is 56.6 cm³/mol. The first kappa shape index (κ1) is 9.12. The van der Waals surface area contributed by atoms with Crippen LogP contribution in [0.25, 0.3) is 0 Å². The van der Waals surface area contributed by atoms with Gasteiger partial charge in [0.05, 0.1) is 0 Å². The zero-order valence-corrected chi connectivity index (χ0v) is 9.67. The number of rotatable bonds is 0. The molecule has 74 valence electrons. The van der Waals surface area contributed by atoms with E-state index in [-0.39, 0.29) is 4.87 Å². The van der Waals surface area contributed by atoms with E-state index in [1.54, 1.807) is 0 Å². The first-order chi connectivity index (χ1) is 6.00. The summed E-state index contributed by atoms with van der Waals surface area (Å²) in [5.74, 6) is 1.72. The minimum Gasteiger partial charge on any atom is -0.119 e. The van der Waals surface area contributed by atoms with Crippen LogP contribution in [-0.4, -0.2) is 9.21 Å². The molecule has 0 saturated heterocycles. The van der Waals surface area contributed by atoms with Crippen molar-refractivity contribution in [2.45, 2.75) is 41.3 Å². The van der Waals surface area contributed by atoms with Gasteiger partial charge in [0.2, 0.25) is 0 Å². The van der Waals surface area contributed by atoms with Crippen molar-refractivity contribution in [1.29, 1.82) is 0 Å². The van der Waals surface area contributed by atoms with Crippen LogP contribution in [0.2, 0.25) is 0 Å². The third-order valence-corrected chi connectivity index (χ3v) is 5.90. The molecule has 4 bridgehead atoms. The van der Waals surface area contributed by atoms with Crippen LogP contribution in [0.4, 0.5) is 0 Å². The highest BCUT2D eigenvalue weighted by Crippen LogP contribution is 2.65. The molecule has 4 aliphatic rings. The molecule has 0 unspecified atom stereocenters. The molecule has 0 aliphatic heterocycles. The average Bonchev–Trinajstić information content (AvgIpc) is 1.97. The molecule has 0 heterocycles. The molecule has 0 amide bonds. The number of alkyl halides is 3. The SMILES string of the molecule is ClC12CC3C[C@@H](C1)C(Cl)(Cl)[C@@H](C3)C2. The molecule has 0 aromatic carbocycles. The van der Waals surface area contributed by atoms with Gasteiger partial charge in [0, 0.05) is 4.87 Å². The van der Waals surface area contributed by atoms with Crippen molar-refractivity contribution >= 4 is 34.8 Å². The van der Waals surface area contributed by atoms with E-state index < -0.39 is 4.33 Å². The van der Waals surface area contributed by atoms with Crippen LogP contribution in [0.5, 0.6) is 0 Å². The minimum absolute atomic E-state index is 0.0593. The summed E-state index contributed by atoms with van der Waals surface area (Å²) in [6.45, 7) is 0. The van der Waals surface area contributed by atoms with Crippen LogP contribution >= 0.6 is 34.8 Å². The molecule has 4 rings (SSSR count). The smallest absolute Gasteiger partial charge is 0.119 e. The molecule has 13 heavy (non-hydrogen) atoms. The molecule has 0 spiro atoms. The molecular weight excluding hydrogens is 226 g/mol. The van der Waals surface area contributed by atoms with E-state index in [9.17, 15) is 0 Å². The Labute approximate surface area is 93.9 Å². The van der Waals surface area contributed by atoms with Gasteiger partial charge in [-0.05, 0) is 49.9 Å². The lowest BCUT2D eigenvalue weighted by Crippen LogP contribution is -2.57. The lowest BCUT2D eigenvalue weighted by Gasteiger charge is -2.59. The highest BCUT2D eigenvalue weighted by atomic mass is 35.5. The van der Waals surface area contributed by atoms with Gasteiger partial charge in [-0.2, -0.15) is 0 Å². The van der Waals surface area contributed by atoms with Crippen molar-refractivity contribution in [2.75, 3.05) is 0 Å². The van der Waals surface area contributed by atoms with Gasteiger partial charge in [-0.3, -0.25) is 0 Å². The number of hydrogen-bond donors (Lipinski definition) is 0. The van der Waals surface area contributed by atoms with Crippen molar-refractivity contribution < 1.29 is 0 Å². The average molecular weight is 240 g/mol. The standard InChI is InChI=1S/C10H13Cl3/c11-9-3-6-1-7(4-9)10(12,13)8(2-6)5-9/h6-8H,1-5H2/t6?,7-,8-,9?/m0/s1. The van der Waals surface area contributed by atoms with Crippen LogP contribution in [0.3, 0.4) is 0 Å². The quantitative estimate of drug-likeness (QED) is 0.561. The van der Waals surface area contributed by atoms with Gasteiger partial charge in [0.15, 0.2) is 0 Å². The lowest BCUT2D eigenvalue weighted by molar-refractivity contribution is 0.0245. The highest BCUT2D eigenvalue weighted by Gasteiger charge is 2.60. The first-order valence-electron chi connectivity index (χ1n) is 5.06. The fourth-order valence-corrected chi connectivity index (χ4v) is 5.06. The maximum Gasteiger partial charge on any atom is 0.124 e. The van der Waals surface area contributed by atoms with Gasteiger partial charge < -0.3 is 0 Å². The molecule has 0 aromatic rings. The zero-order valence-electron chi connectivity index (χ0n) is 7.40. The number of halogens is 3. The molecule has 0 nitrogen and oxygen atoms in total. The van der Waals surface area contributed by atoms with E-state index in [4.69, 9.17) is 34.8 Å². The van der Waals surface area contributed by atoms with Crippen molar-refractivity contribution in [3.63, 3.8) is 0 Å². The predicted octanol–water partition coefficient (Wildman–Crippen LogP) is 3.98. The Hall–Kier alpha value is 0.870. The summed E-state index contributed by atoms with van der Waals surface area (Å²) in [5, 5.41) is 0. The van der Waals surface area contributed by atoms with Gasteiger partial charge in [-0.15, -0.1) is 34.8 Å². The normalized spacial score (nSPS) is 57.0. The molecule has 3 heteroatoms. The molecule has 4 fully saturated rings. The van der Waals surface area contributed by atoms with Crippen LogP contribution in [-0.2, 0) is 0 Å². The lowest BCUT2D eigenvalue weighted by atomic mass is 9.55. The summed E-state index contributed by atoms with van der Waals surface area (Å²) in [6.07, 6.45) is 5.68. The third kappa shape index (κ3) is 1.18. The van der Waals surface area contributed by atoms with Gasteiger partial charge in [-0.25, -0.2) is 0 Å². The van der Waals surface area contributed by atoms with Gasteiger partial charge in [-0.1, -0.05) is 0 Å². The maximum absolute atomic E-state index is 6.54. The third-order valence-electron chi connectivity index (χ3n) is 4.20. The Kier molecular flexibility index (Phi) is 1.76. The molecule has 2 atom stereocenters. The second kappa shape index (κ2) is 2.51. The fraction of sp³-hybridized carbons (Fsp3) is 1.00. The Bertz CT molecular complexity index is 231. The van der Waals surface area contributed by atoms with Gasteiger partial charge in [0.1, 0.15) is 4.33 Å². The number of hydrogen-bond acceptors (Lipinski definition) is 0. The van der Waals surface area contributed by atoms with Crippen LogP contribution < -0.4 is 0 Å². The highest BCUT2D eigenvalue weighted by molar-refractivity contribution is 6.49. The summed E-state index contributed by atoms with van der Waals surface area (Å²) in [6, 6.07) is 0. The first-order valence-corrected chi connectivity index (χ1v) is 6.20. The second-order valence-electron chi connectivity index (χ2n) is 5.17. The molecule has 0 radical (unpaired) electrons. The van der Waals surface area contributed by atoms with Crippen LogP contribution in [0.1, 0.15) is 32.1 Å². The van der Waals surface area contributed by atoms with E-state index in [1.807, 2.05) is 0 Å². The van der Waals surface area contributed by atoms with Crippen molar-refractivity contribution in [1.82, 2.24) is 0 Å². The van der Waals surface area contributed by atoms with Gasteiger partial charge in [0.25, 0.3) is 0 Å². The van der Waals surface area contributed by atoms with E-state index in [1.165, 1.54) is 19.3 Å². The summed E-state index contributed by atoms with van der Waals surface area (Å²) in [5.41, 5.74) is 0. The molecule has 0 N–H and O–H groups in total. The molecular formula is C10H13Cl3. The van der Waals surface area contributed by atoms with E-state index in [0.717, 1.165) is 18.8 Å². The molecule has 4 saturated carbocycles. The Morgan fingerprint density at radius 2 is 1.38 bits per heavy atom. The van der Waals surface area contributed by atoms with E-state index in [0.29, 0.717) is 11.8 Å². The minimum atomic E-state index is -0.463. The summed E-state index contributed by atoms with van der Waals surface area (Å²) in [7, 11) is 0. The monoisotopic (exact) mass is 238 g/mol. The van der Waals surface area contributed by atoms with Crippen molar-refractivity contribution in [2.24, 2.45) is 17.8 Å². The topological polar surface area (TPSA) is 0 Å². The van der Waals surface area contributed by atoms with Crippen molar-refractivity contribution in [3.05, 3.63) is 0 Å².